The summed E-state index contributed by atoms with van der Waals surface area (Å²) >= 11 is 3.42. The molecule has 0 bridgehead atoms. The minimum Gasteiger partial charge on any atom is -0.385 e. The van der Waals surface area contributed by atoms with Crippen LogP contribution in [0.5, 0.6) is 0 Å². The van der Waals surface area contributed by atoms with Gasteiger partial charge in [0.2, 0.25) is 0 Å². The molecule has 3 aromatic carbocycles. The first-order valence-corrected chi connectivity index (χ1v) is 12.1. The van der Waals surface area contributed by atoms with Gasteiger partial charge in [-0.25, -0.2) is 12.4 Å². The lowest BCUT2D eigenvalue weighted by molar-refractivity contribution is -0.385. The standard InChI is InChI=1S/C23H17BrN4O4S/c24-21-15-27(23-4-2-1-3-20(21)23)33(31,32)19-8-5-16(6-9-19)11-12-26-18-7-10-22(28(29)30)17(13-18)14-25/h1-10,13,15,26H,11-12H2. The summed E-state index contributed by atoms with van der Waals surface area (Å²) in [5.41, 5.74) is 1.87. The number of nitro benzene ring substituents is 1. The van der Waals surface area contributed by atoms with Gasteiger partial charge in [-0.15, -0.1) is 0 Å². The van der Waals surface area contributed by atoms with Gasteiger partial charge in [0.1, 0.15) is 11.6 Å². The molecule has 0 saturated heterocycles. The van der Waals surface area contributed by atoms with Gasteiger partial charge in [-0.05, 0) is 58.2 Å². The van der Waals surface area contributed by atoms with Crippen molar-refractivity contribution in [1.29, 1.82) is 5.26 Å². The molecule has 0 aliphatic heterocycles. The Kier molecular flexibility index (Phi) is 6.18. The van der Waals surface area contributed by atoms with Crippen LogP contribution in [0, 0.1) is 21.4 Å². The van der Waals surface area contributed by atoms with Gasteiger partial charge in [-0.2, -0.15) is 5.26 Å². The Morgan fingerprint density at radius 1 is 1.09 bits per heavy atom. The summed E-state index contributed by atoms with van der Waals surface area (Å²) < 4.78 is 28.3. The molecule has 0 amide bonds. The Balaban J connectivity index is 1.47. The average molecular weight is 525 g/mol. The first-order valence-electron chi connectivity index (χ1n) is 9.84. The predicted octanol–water partition coefficient (Wildman–Crippen LogP) is 5.08. The minimum absolute atomic E-state index is 0.0104. The summed E-state index contributed by atoms with van der Waals surface area (Å²) in [5.74, 6) is 0. The largest absolute Gasteiger partial charge is 0.385 e. The first kappa shape index (κ1) is 22.5. The molecule has 1 N–H and O–H groups in total. The summed E-state index contributed by atoms with van der Waals surface area (Å²) in [7, 11) is -3.76. The Morgan fingerprint density at radius 2 is 1.82 bits per heavy atom. The molecule has 0 spiro atoms. The molecule has 0 aliphatic rings. The highest BCUT2D eigenvalue weighted by Crippen LogP contribution is 2.29. The number of nitro groups is 1. The van der Waals surface area contributed by atoms with E-state index in [9.17, 15) is 18.5 Å². The smallest absolute Gasteiger partial charge is 0.287 e. The molecule has 33 heavy (non-hydrogen) atoms. The summed E-state index contributed by atoms with van der Waals surface area (Å²) in [5, 5.41) is 24.0. The predicted molar refractivity (Wildman–Crippen MR) is 129 cm³/mol. The van der Waals surface area contributed by atoms with E-state index in [-0.39, 0.29) is 16.1 Å². The normalized spacial score (nSPS) is 11.3. The molecule has 0 fully saturated rings. The number of hydrogen-bond donors (Lipinski definition) is 1. The number of para-hydroxylation sites is 1. The first-order chi connectivity index (χ1) is 15.8. The Morgan fingerprint density at radius 3 is 2.52 bits per heavy atom. The second-order valence-corrected chi connectivity index (χ2v) is 9.89. The molecule has 1 aromatic heterocycles. The third kappa shape index (κ3) is 4.46. The topological polar surface area (TPSA) is 118 Å². The number of anilines is 1. The molecule has 0 aliphatic carbocycles. The van der Waals surface area contributed by atoms with Gasteiger partial charge in [0, 0.05) is 34.4 Å². The third-order valence-electron chi connectivity index (χ3n) is 5.17. The molecule has 10 heteroatoms. The number of halogens is 1. The van der Waals surface area contributed by atoms with E-state index in [1.807, 2.05) is 18.2 Å². The van der Waals surface area contributed by atoms with Crippen LogP contribution in [-0.4, -0.2) is 23.9 Å². The van der Waals surface area contributed by atoms with Gasteiger partial charge >= 0.3 is 0 Å². The molecule has 1 heterocycles. The van der Waals surface area contributed by atoms with Gasteiger partial charge in [-0.3, -0.25) is 10.1 Å². The highest BCUT2D eigenvalue weighted by molar-refractivity contribution is 9.10. The number of aromatic nitrogens is 1. The van der Waals surface area contributed by atoms with Gasteiger partial charge in [0.15, 0.2) is 0 Å². The molecular formula is C23H17BrN4O4S. The Labute approximate surface area is 198 Å². The molecule has 4 aromatic rings. The van der Waals surface area contributed by atoms with Crippen molar-refractivity contribution in [2.45, 2.75) is 11.3 Å². The van der Waals surface area contributed by atoms with E-state index < -0.39 is 14.9 Å². The van der Waals surface area contributed by atoms with Crippen molar-refractivity contribution in [1.82, 2.24) is 3.97 Å². The lowest BCUT2D eigenvalue weighted by atomic mass is 10.1. The third-order valence-corrected chi connectivity index (χ3v) is 7.49. The molecule has 0 atom stereocenters. The van der Waals surface area contributed by atoms with Crippen molar-refractivity contribution in [3.8, 4) is 6.07 Å². The minimum atomic E-state index is -3.76. The van der Waals surface area contributed by atoms with Crippen LogP contribution in [0.3, 0.4) is 0 Å². The number of hydrogen-bond acceptors (Lipinski definition) is 6. The fraction of sp³-hybridized carbons (Fsp3) is 0.0870. The van der Waals surface area contributed by atoms with Crippen LogP contribution in [0.4, 0.5) is 11.4 Å². The maximum absolute atomic E-state index is 13.2. The maximum Gasteiger partial charge on any atom is 0.287 e. The van der Waals surface area contributed by atoms with Gasteiger partial charge in [0.25, 0.3) is 15.7 Å². The summed E-state index contributed by atoms with van der Waals surface area (Å²) in [6, 6.07) is 20.0. The van der Waals surface area contributed by atoms with Crippen LogP contribution in [0.1, 0.15) is 11.1 Å². The summed E-state index contributed by atoms with van der Waals surface area (Å²) in [6.45, 7) is 0.504. The van der Waals surface area contributed by atoms with Crippen molar-refractivity contribution in [2.24, 2.45) is 0 Å². The van der Waals surface area contributed by atoms with E-state index in [0.29, 0.717) is 28.6 Å². The summed E-state index contributed by atoms with van der Waals surface area (Å²) in [4.78, 5) is 10.5. The number of rotatable bonds is 7. The number of benzene rings is 3. The summed E-state index contributed by atoms with van der Waals surface area (Å²) in [6.07, 6.45) is 2.15. The van der Waals surface area contributed by atoms with Crippen molar-refractivity contribution < 1.29 is 13.3 Å². The second-order valence-electron chi connectivity index (χ2n) is 7.22. The fourth-order valence-electron chi connectivity index (χ4n) is 3.50. The van der Waals surface area contributed by atoms with Gasteiger partial charge < -0.3 is 5.32 Å². The lowest BCUT2D eigenvalue weighted by Crippen LogP contribution is -2.12. The van der Waals surface area contributed by atoms with Crippen LogP contribution < -0.4 is 5.32 Å². The highest BCUT2D eigenvalue weighted by Gasteiger charge is 2.20. The van der Waals surface area contributed by atoms with Gasteiger partial charge in [-0.1, -0.05) is 30.3 Å². The lowest BCUT2D eigenvalue weighted by Gasteiger charge is -2.10. The molecule has 0 radical (unpaired) electrons. The van der Waals surface area contributed by atoms with Crippen molar-refractivity contribution in [3.63, 3.8) is 0 Å². The van der Waals surface area contributed by atoms with Crippen LogP contribution in [0.2, 0.25) is 0 Å². The van der Waals surface area contributed by atoms with E-state index in [1.165, 1.54) is 16.1 Å². The molecule has 0 saturated carbocycles. The zero-order valence-electron chi connectivity index (χ0n) is 17.1. The zero-order valence-corrected chi connectivity index (χ0v) is 19.5. The molecule has 166 valence electrons. The van der Waals surface area contributed by atoms with Crippen molar-refractivity contribution in [3.05, 3.63) is 98.6 Å². The van der Waals surface area contributed by atoms with E-state index >= 15 is 0 Å². The second kappa shape index (κ2) is 9.05. The molecule has 4 rings (SSSR count). The quantitative estimate of drug-likeness (QED) is 0.266. The van der Waals surface area contributed by atoms with Crippen LogP contribution >= 0.6 is 15.9 Å². The van der Waals surface area contributed by atoms with E-state index in [2.05, 4.69) is 21.2 Å². The number of fused-ring (bicyclic) bond motifs is 1. The van der Waals surface area contributed by atoms with Crippen LogP contribution in [-0.2, 0) is 16.4 Å². The Bertz CT molecular complexity index is 1510. The number of nitrogens with zero attached hydrogens (tertiary/aromatic N) is 3. The average Bonchev–Trinajstić information content (AvgIpc) is 3.16. The molecule has 0 unspecified atom stereocenters. The van der Waals surface area contributed by atoms with E-state index in [4.69, 9.17) is 5.26 Å². The van der Waals surface area contributed by atoms with Crippen molar-refractivity contribution >= 4 is 48.2 Å². The number of nitrogens with one attached hydrogen (secondary N) is 1. The van der Waals surface area contributed by atoms with E-state index in [1.54, 1.807) is 48.7 Å². The van der Waals surface area contributed by atoms with Gasteiger partial charge in [0.05, 0.1) is 15.3 Å². The Hall–Kier alpha value is -3.68. The van der Waals surface area contributed by atoms with Crippen LogP contribution in [0.25, 0.3) is 10.9 Å². The fourth-order valence-corrected chi connectivity index (χ4v) is 5.54. The zero-order chi connectivity index (χ0) is 23.6. The molecular weight excluding hydrogens is 508 g/mol. The van der Waals surface area contributed by atoms with E-state index in [0.717, 1.165) is 10.9 Å². The highest BCUT2D eigenvalue weighted by atomic mass is 79.9. The van der Waals surface area contributed by atoms with Crippen molar-refractivity contribution in [2.75, 3.05) is 11.9 Å². The monoisotopic (exact) mass is 524 g/mol. The SMILES string of the molecule is N#Cc1cc(NCCc2ccc(S(=O)(=O)n3cc(Br)c4ccccc43)cc2)ccc1[N+](=O)[O-]. The maximum atomic E-state index is 13.2. The van der Waals surface area contributed by atoms with Crippen LogP contribution in [0.15, 0.2) is 82.3 Å². The number of nitriles is 1. The molecule has 8 nitrogen and oxygen atoms in total.